The zero-order chi connectivity index (χ0) is 28.0. The molecular formula is C15H20BCl2NO4. The first-order valence-corrected chi connectivity index (χ1v) is 6.79. The molecule has 0 heterocycles. The largest absolute Gasteiger partial charge is 0.475 e. The molecule has 0 aliphatic heterocycles. The summed E-state index contributed by atoms with van der Waals surface area (Å²) >= 11 is 11.6. The molecule has 0 saturated carbocycles. The maximum atomic E-state index is 12.6. The molecule has 0 fully saturated rings. The standard InChI is InChI=1S/C15H20BCl2NO4/c1-9(2)7-14(16(22)23)19-15(21)6-5-13(20)11-8-10(17)3-4-12(11)18/h3-4,8-9,14,22-23H,5-7H2,1-2H3,(H,19,21)/t14-/m1/s1/i1D3,2D3,6D2,7D2,9D,14D. The van der Waals surface area contributed by atoms with E-state index in [0.717, 1.165) is 6.07 Å². The quantitative estimate of drug-likeness (QED) is 0.484. The monoisotopic (exact) mass is 371 g/mol. The number of hydrogen-bond acceptors (Lipinski definition) is 4. The van der Waals surface area contributed by atoms with Crippen molar-refractivity contribution in [3.05, 3.63) is 33.8 Å². The van der Waals surface area contributed by atoms with Crippen LogP contribution in [-0.2, 0) is 4.79 Å². The van der Waals surface area contributed by atoms with E-state index < -0.39 is 63.5 Å². The number of halogens is 2. The Morgan fingerprint density at radius 2 is 2.13 bits per heavy atom. The summed E-state index contributed by atoms with van der Waals surface area (Å²) in [6, 6.07) is 3.62. The van der Waals surface area contributed by atoms with E-state index in [9.17, 15) is 19.6 Å². The summed E-state index contributed by atoms with van der Waals surface area (Å²) in [5.41, 5.74) is -0.291. The maximum Gasteiger partial charge on any atom is 0.475 e. The number of carbonyl (C=O) groups excluding carboxylic acids is 2. The third kappa shape index (κ3) is 6.91. The van der Waals surface area contributed by atoms with Gasteiger partial charge in [0, 0.05) is 39.8 Å². The van der Waals surface area contributed by atoms with Crippen molar-refractivity contribution in [3.63, 3.8) is 0 Å². The van der Waals surface area contributed by atoms with Gasteiger partial charge in [-0.2, -0.15) is 0 Å². The van der Waals surface area contributed by atoms with Crippen molar-refractivity contribution in [1.29, 1.82) is 0 Å². The Labute approximate surface area is 163 Å². The Hall–Kier alpha value is -1.08. The Morgan fingerprint density at radius 1 is 1.43 bits per heavy atom. The normalized spacial score (nSPS) is 24.0. The van der Waals surface area contributed by atoms with E-state index >= 15 is 0 Å². The van der Waals surface area contributed by atoms with Gasteiger partial charge in [-0.05, 0) is 30.5 Å². The van der Waals surface area contributed by atoms with Crippen LogP contribution in [0.15, 0.2) is 18.2 Å². The molecule has 0 radical (unpaired) electrons. The fraction of sp³-hybridized carbons (Fsp3) is 0.467. The molecule has 0 aliphatic rings. The van der Waals surface area contributed by atoms with Gasteiger partial charge in [-0.1, -0.05) is 36.9 Å². The first kappa shape index (κ1) is 8.34. The van der Waals surface area contributed by atoms with Crippen LogP contribution in [0.25, 0.3) is 0 Å². The van der Waals surface area contributed by atoms with E-state index in [4.69, 9.17) is 39.7 Å². The molecule has 0 unspecified atom stereocenters. The Kier molecular flexibility index (Phi) is 3.36. The highest BCUT2D eigenvalue weighted by molar-refractivity contribution is 6.43. The van der Waals surface area contributed by atoms with Gasteiger partial charge in [-0.25, -0.2) is 0 Å². The lowest BCUT2D eigenvalue weighted by molar-refractivity contribution is -0.121. The Balaban J connectivity index is 3.47. The summed E-state index contributed by atoms with van der Waals surface area (Å²) in [5, 5.41) is 20.5. The summed E-state index contributed by atoms with van der Waals surface area (Å²) in [6.07, 6.45) is -8.83. The lowest BCUT2D eigenvalue weighted by Crippen LogP contribution is -2.47. The molecule has 5 nitrogen and oxygen atoms in total. The molecule has 1 aromatic rings. The summed E-state index contributed by atoms with van der Waals surface area (Å²) < 4.78 is 92.2. The fourth-order valence-electron chi connectivity index (χ4n) is 1.43. The minimum absolute atomic E-state index is 0.0469. The van der Waals surface area contributed by atoms with E-state index in [0.29, 0.717) is 0 Å². The second kappa shape index (κ2) is 9.28. The van der Waals surface area contributed by atoms with E-state index in [1.54, 1.807) is 0 Å². The predicted octanol–water partition coefficient (Wildman–Crippen LogP) is 2.50. The average Bonchev–Trinajstić information content (AvgIpc) is 2.66. The van der Waals surface area contributed by atoms with Crippen LogP contribution in [0.5, 0.6) is 0 Å². The highest BCUT2D eigenvalue weighted by atomic mass is 35.5. The SMILES string of the molecule is [2H]C([2H])(CC(=O)c1cc(Cl)ccc1Cl)C(=O)N[C@@]([2H])(B(O)O)C([2H])([2H])C([2H])(C([2H])([2H])[2H])C([2H])([2H])[2H]. The van der Waals surface area contributed by atoms with Gasteiger partial charge in [0.25, 0.3) is 0 Å². The molecule has 8 heteroatoms. The van der Waals surface area contributed by atoms with Crippen molar-refractivity contribution in [1.82, 2.24) is 5.32 Å². The van der Waals surface area contributed by atoms with Gasteiger partial charge < -0.3 is 15.4 Å². The number of nitrogens with one attached hydrogen (secondary N) is 1. The van der Waals surface area contributed by atoms with Crippen LogP contribution in [-0.4, -0.2) is 34.8 Å². The minimum Gasteiger partial charge on any atom is -0.426 e. The summed E-state index contributed by atoms with van der Waals surface area (Å²) in [7, 11) is -3.34. The smallest absolute Gasteiger partial charge is 0.426 e. The van der Waals surface area contributed by atoms with Crippen LogP contribution in [0.2, 0.25) is 10.0 Å². The number of benzene rings is 1. The van der Waals surface area contributed by atoms with Crippen LogP contribution in [0, 0.1) is 5.89 Å². The van der Waals surface area contributed by atoms with Crippen molar-refractivity contribution in [2.75, 3.05) is 0 Å². The lowest BCUT2D eigenvalue weighted by atomic mass is 9.75. The van der Waals surface area contributed by atoms with Gasteiger partial charge in [-0.15, -0.1) is 0 Å². The number of Topliss-reactive ketones (excluding diaryl/α,β-unsaturated/α-hetero) is 1. The first-order chi connectivity index (χ1) is 15.4. The zero-order valence-corrected chi connectivity index (χ0v) is 13.0. The minimum atomic E-state index is -4.27. The van der Waals surface area contributed by atoms with Crippen LogP contribution >= 0.6 is 23.2 Å². The second-order valence-electron chi connectivity index (χ2n) is 4.14. The van der Waals surface area contributed by atoms with Gasteiger partial charge in [0.2, 0.25) is 5.91 Å². The second-order valence-corrected chi connectivity index (χ2v) is 4.99. The molecule has 0 bridgehead atoms. The topological polar surface area (TPSA) is 86.6 Å². The summed E-state index contributed by atoms with van der Waals surface area (Å²) in [5.74, 6) is -11.3. The number of amides is 1. The third-order valence-electron chi connectivity index (χ3n) is 2.40. The van der Waals surface area contributed by atoms with Gasteiger partial charge in [0.05, 0.1) is 10.9 Å². The maximum absolute atomic E-state index is 12.6. The highest BCUT2D eigenvalue weighted by Crippen LogP contribution is 2.22. The Morgan fingerprint density at radius 3 is 2.74 bits per heavy atom. The molecule has 23 heavy (non-hydrogen) atoms. The summed E-state index contributed by atoms with van der Waals surface area (Å²) in [4.78, 5) is 25.1. The van der Waals surface area contributed by atoms with Crippen LogP contribution < -0.4 is 5.32 Å². The number of carbonyl (C=O) groups is 2. The van der Waals surface area contributed by atoms with Gasteiger partial charge >= 0.3 is 7.12 Å². The van der Waals surface area contributed by atoms with Gasteiger partial charge in [0.1, 0.15) is 0 Å². The van der Waals surface area contributed by atoms with Crippen molar-refractivity contribution < 1.29 is 36.1 Å². The van der Waals surface area contributed by atoms with E-state index in [2.05, 4.69) is 0 Å². The molecule has 126 valence electrons. The molecule has 0 aliphatic carbocycles. The lowest BCUT2D eigenvalue weighted by Gasteiger charge is -2.19. The number of ketones is 1. The number of hydrogen-bond donors (Lipinski definition) is 3. The molecule has 1 aromatic carbocycles. The molecule has 1 amide bonds. The Bertz CT molecular complexity index is 974. The predicted molar refractivity (Wildman–Crippen MR) is 91.6 cm³/mol. The molecule has 1 atom stereocenters. The molecule has 3 N–H and O–H groups in total. The van der Waals surface area contributed by atoms with Crippen LogP contribution in [0.3, 0.4) is 0 Å². The van der Waals surface area contributed by atoms with E-state index in [1.807, 2.05) is 0 Å². The van der Waals surface area contributed by atoms with Crippen molar-refractivity contribution in [3.8, 4) is 0 Å². The number of rotatable bonds is 8. The fourth-order valence-corrected chi connectivity index (χ4v) is 1.82. The van der Waals surface area contributed by atoms with Gasteiger partial charge in [0.15, 0.2) is 5.78 Å². The van der Waals surface area contributed by atoms with Crippen molar-refractivity contribution >= 4 is 42.0 Å². The average molecular weight is 372 g/mol. The zero-order valence-electron chi connectivity index (χ0n) is 23.5. The first-order valence-electron chi connectivity index (χ1n) is 12.0. The third-order valence-corrected chi connectivity index (χ3v) is 2.97. The van der Waals surface area contributed by atoms with Gasteiger partial charge in [-0.3, -0.25) is 9.59 Å². The molecule has 0 spiro atoms. The molecule has 0 saturated heterocycles. The van der Waals surface area contributed by atoms with Crippen molar-refractivity contribution in [2.24, 2.45) is 5.89 Å². The highest BCUT2D eigenvalue weighted by Gasteiger charge is 2.26. The van der Waals surface area contributed by atoms with E-state index in [-0.39, 0.29) is 15.6 Å². The molecule has 1 rings (SSSR count). The van der Waals surface area contributed by atoms with Crippen LogP contribution in [0.4, 0.5) is 0 Å². The molecule has 0 aromatic heterocycles. The van der Waals surface area contributed by atoms with E-state index in [1.165, 1.54) is 17.4 Å². The molecular weight excluding hydrogens is 340 g/mol. The summed E-state index contributed by atoms with van der Waals surface area (Å²) in [6.45, 7) is -7.99. The van der Waals surface area contributed by atoms with Crippen LogP contribution in [0.1, 0.15) is 59.7 Å². The van der Waals surface area contributed by atoms with Crippen molar-refractivity contribution in [2.45, 2.75) is 38.8 Å².